The van der Waals surface area contributed by atoms with Crippen molar-refractivity contribution >= 4 is 38.9 Å². The molecule has 0 radical (unpaired) electrons. The molecule has 0 bridgehead atoms. The quantitative estimate of drug-likeness (QED) is 0.364. The Labute approximate surface area is 219 Å². The molecule has 3 aromatic carbocycles. The van der Waals surface area contributed by atoms with Gasteiger partial charge in [-0.25, -0.2) is 13.1 Å². The summed E-state index contributed by atoms with van der Waals surface area (Å²) in [6, 6.07) is 21.1. The lowest BCUT2D eigenvalue weighted by molar-refractivity contribution is -0.114. The van der Waals surface area contributed by atoms with E-state index in [4.69, 9.17) is 16.3 Å². The lowest BCUT2D eigenvalue weighted by atomic mass is 10.3. The fourth-order valence-corrected chi connectivity index (χ4v) is 5.55. The molecule has 0 aliphatic carbocycles. The van der Waals surface area contributed by atoms with Crippen LogP contribution in [0.4, 0.5) is 11.4 Å². The lowest BCUT2D eigenvalue weighted by Crippen LogP contribution is -2.38. The topological polar surface area (TPSA) is 103 Å². The highest BCUT2D eigenvalue weighted by molar-refractivity contribution is 7.92. The molecule has 192 valence electrons. The van der Waals surface area contributed by atoms with Gasteiger partial charge in [0.05, 0.1) is 34.1 Å². The third kappa shape index (κ3) is 5.11. The van der Waals surface area contributed by atoms with Crippen molar-refractivity contribution in [3.05, 3.63) is 99.9 Å². The summed E-state index contributed by atoms with van der Waals surface area (Å²) in [6.45, 7) is 1.09. The van der Waals surface area contributed by atoms with E-state index in [1.165, 1.54) is 42.1 Å². The molecule has 0 saturated carbocycles. The monoisotopic (exact) mass is 540 g/mol. The van der Waals surface area contributed by atoms with Gasteiger partial charge in [-0.3, -0.25) is 18.6 Å². The van der Waals surface area contributed by atoms with Crippen LogP contribution in [0.1, 0.15) is 5.69 Å². The van der Waals surface area contributed by atoms with E-state index in [-0.39, 0.29) is 21.3 Å². The van der Waals surface area contributed by atoms with Gasteiger partial charge in [-0.1, -0.05) is 48.0 Å². The van der Waals surface area contributed by atoms with Crippen molar-refractivity contribution in [2.45, 2.75) is 11.8 Å². The number of benzene rings is 3. The van der Waals surface area contributed by atoms with Gasteiger partial charge in [0.1, 0.15) is 18.0 Å². The molecule has 1 amide bonds. The Kier molecular flexibility index (Phi) is 7.42. The standard InChI is InChI=1S/C26H25ClN4O5S/c1-18-25(26(33)31(29(18)2)19-10-6-4-7-11-19)28-24(32)17-30(20-14-15-23(36-3)22(27)16-20)37(34,35)21-12-8-5-9-13-21/h4-16H,17H2,1-3H3,(H,28,32). The van der Waals surface area contributed by atoms with Crippen LogP contribution in [0.2, 0.25) is 5.02 Å². The average Bonchev–Trinajstić information content (AvgIpc) is 3.11. The van der Waals surface area contributed by atoms with Gasteiger partial charge in [0.2, 0.25) is 5.91 Å². The van der Waals surface area contributed by atoms with Gasteiger partial charge in [0.15, 0.2) is 0 Å². The van der Waals surface area contributed by atoms with Gasteiger partial charge in [-0.15, -0.1) is 0 Å². The van der Waals surface area contributed by atoms with E-state index in [0.717, 1.165) is 4.31 Å². The van der Waals surface area contributed by atoms with E-state index >= 15 is 0 Å². The maximum Gasteiger partial charge on any atom is 0.295 e. The second-order valence-electron chi connectivity index (χ2n) is 8.13. The number of methoxy groups -OCH3 is 1. The predicted octanol–water partition coefficient (Wildman–Crippen LogP) is 3.98. The third-order valence-electron chi connectivity index (χ3n) is 5.86. The summed E-state index contributed by atoms with van der Waals surface area (Å²) in [5.41, 5.74) is 0.911. The van der Waals surface area contributed by atoms with Crippen LogP contribution in [0.25, 0.3) is 5.69 Å². The summed E-state index contributed by atoms with van der Waals surface area (Å²) in [7, 11) is -1.02. The van der Waals surface area contributed by atoms with Gasteiger partial charge in [-0.05, 0) is 49.4 Å². The first-order valence-corrected chi connectivity index (χ1v) is 13.0. The number of sulfonamides is 1. The second kappa shape index (κ2) is 10.5. The fraction of sp³-hybridized carbons (Fsp3) is 0.154. The molecule has 1 aromatic heterocycles. The molecule has 0 aliphatic heterocycles. The highest BCUT2D eigenvalue weighted by atomic mass is 35.5. The second-order valence-corrected chi connectivity index (χ2v) is 10.4. The molecule has 11 heteroatoms. The van der Waals surface area contributed by atoms with Crippen LogP contribution in [0.3, 0.4) is 0 Å². The zero-order chi connectivity index (χ0) is 26.7. The maximum atomic E-state index is 13.6. The molecule has 0 unspecified atom stereocenters. The average molecular weight is 541 g/mol. The Morgan fingerprint density at radius 1 is 1.03 bits per heavy atom. The summed E-state index contributed by atoms with van der Waals surface area (Å²) in [4.78, 5) is 26.4. The van der Waals surface area contributed by atoms with E-state index in [1.807, 2.05) is 6.07 Å². The minimum atomic E-state index is -4.16. The van der Waals surface area contributed by atoms with Crippen molar-refractivity contribution in [1.82, 2.24) is 9.36 Å². The van der Waals surface area contributed by atoms with Crippen LogP contribution in [0, 0.1) is 6.92 Å². The van der Waals surface area contributed by atoms with Gasteiger partial charge in [0.25, 0.3) is 15.6 Å². The molecule has 4 aromatic rings. The number of nitrogens with zero attached hydrogens (tertiary/aromatic N) is 3. The number of hydrogen-bond acceptors (Lipinski definition) is 5. The van der Waals surface area contributed by atoms with E-state index in [0.29, 0.717) is 17.1 Å². The summed E-state index contributed by atoms with van der Waals surface area (Å²) in [5.74, 6) is -0.342. The molecule has 0 fully saturated rings. The van der Waals surface area contributed by atoms with Crippen molar-refractivity contribution in [3.63, 3.8) is 0 Å². The van der Waals surface area contributed by atoms with E-state index in [9.17, 15) is 18.0 Å². The summed E-state index contributed by atoms with van der Waals surface area (Å²) in [6.07, 6.45) is 0. The fourth-order valence-electron chi connectivity index (χ4n) is 3.87. The molecular formula is C26H25ClN4O5S. The van der Waals surface area contributed by atoms with E-state index in [2.05, 4.69) is 5.32 Å². The largest absolute Gasteiger partial charge is 0.495 e. The van der Waals surface area contributed by atoms with Crippen LogP contribution in [-0.2, 0) is 21.9 Å². The highest BCUT2D eigenvalue weighted by Crippen LogP contribution is 2.32. The SMILES string of the molecule is COc1ccc(N(CC(=O)Nc2c(C)n(C)n(-c3ccccc3)c2=O)S(=O)(=O)c2ccccc2)cc1Cl. The number of hydrogen-bond donors (Lipinski definition) is 1. The molecule has 4 rings (SSSR count). The minimum absolute atomic E-state index is 0.00272. The van der Waals surface area contributed by atoms with Crippen molar-refractivity contribution < 1.29 is 17.9 Å². The summed E-state index contributed by atoms with van der Waals surface area (Å²) >= 11 is 6.26. The summed E-state index contributed by atoms with van der Waals surface area (Å²) in [5, 5.41) is 2.79. The molecule has 9 nitrogen and oxygen atoms in total. The molecular weight excluding hydrogens is 516 g/mol. The van der Waals surface area contributed by atoms with Crippen LogP contribution >= 0.6 is 11.6 Å². The zero-order valence-corrected chi connectivity index (χ0v) is 22.0. The van der Waals surface area contributed by atoms with Crippen LogP contribution < -0.4 is 19.9 Å². The van der Waals surface area contributed by atoms with Gasteiger partial charge in [0, 0.05) is 7.05 Å². The van der Waals surface area contributed by atoms with E-state index < -0.39 is 28.0 Å². The number of amides is 1. The van der Waals surface area contributed by atoms with Crippen LogP contribution in [-0.4, -0.2) is 37.3 Å². The van der Waals surface area contributed by atoms with Crippen molar-refractivity contribution in [3.8, 4) is 11.4 Å². The zero-order valence-electron chi connectivity index (χ0n) is 20.4. The van der Waals surface area contributed by atoms with E-state index in [1.54, 1.807) is 61.1 Å². The van der Waals surface area contributed by atoms with Crippen molar-refractivity contribution in [2.24, 2.45) is 7.05 Å². The number of aromatic nitrogens is 2. The van der Waals surface area contributed by atoms with Crippen LogP contribution in [0.5, 0.6) is 5.75 Å². The Hall–Kier alpha value is -4.02. The highest BCUT2D eigenvalue weighted by Gasteiger charge is 2.29. The van der Waals surface area contributed by atoms with Crippen molar-refractivity contribution in [1.29, 1.82) is 0 Å². The first-order chi connectivity index (χ1) is 17.6. The number of rotatable bonds is 8. The molecule has 1 heterocycles. The number of halogens is 1. The third-order valence-corrected chi connectivity index (χ3v) is 7.94. The smallest absolute Gasteiger partial charge is 0.295 e. The number of carbonyl (C=O) groups is 1. The molecule has 0 atom stereocenters. The summed E-state index contributed by atoms with van der Waals surface area (Å²) < 4.78 is 36.3. The number of para-hydroxylation sites is 1. The predicted molar refractivity (Wildman–Crippen MR) is 143 cm³/mol. The maximum absolute atomic E-state index is 13.6. The first-order valence-electron chi connectivity index (χ1n) is 11.2. The molecule has 0 spiro atoms. The normalized spacial score (nSPS) is 11.2. The van der Waals surface area contributed by atoms with Gasteiger partial charge >= 0.3 is 0 Å². The van der Waals surface area contributed by atoms with Gasteiger partial charge < -0.3 is 10.1 Å². The van der Waals surface area contributed by atoms with Gasteiger partial charge in [-0.2, -0.15) is 0 Å². The Balaban J connectivity index is 1.71. The minimum Gasteiger partial charge on any atom is -0.495 e. The molecule has 0 saturated heterocycles. The number of carbonyl (C=O) groups excluding carboxylic acids is 1. The Morgan fingerprint density at radius 3 is 2.24 bits per heavy atom. The Bertz CT molecular complexity index is 1600. The lowest BCUT2D eigenvalue weighted by Gasteiger charge is -2.24. The molecule has 1 N–H and O–H groups in total. The Morgan fingerprint density at radius 2 is 1.65 bits per heavy atom. The van der Waals surface area contributed by atoms with Crippen molar-refractivity contribution in [2.75, 3.05) is 23.3 Å². The van der Waals surface area contributed by atoms with Crippen LogP contribution in [0.15, 0.2) is 88.6 Å². The first kappa shape index (κ1) is 26.1. The number of ether oxygens (including phenoxy) is 1. The molecule has 0 aliphatic rings. The number of nitrogens with one attached hydrogen (secondary N) is 1. The number of anilines is 2. The molecule has 37 heavy (non-hydrogen) atoms.